The van der Waals surface area contributed by atoms with E-state index in [0.717, 1.165) is 38.5 Å². The zero-order valence-electron chi connectivity index (χ0n) is 38.2. The van der Waals surface area contributed by atoms with Gasteiger partial charge in [-0.2, -0.15) is 0 Å². The van der Waals surface area contributed by atoms with Crippen molar-refractivity contribution in [3.8, 4) is 0 Å². The Bertz CT molecular complexity index is 1650. The molecule has 2 heterocycles. The van der Waals surface area contributed by atoms with E-state index >= 15 is 0 Å². The van der Waals surface area contributed by atoms with Crippen LogP contribution in [0.4, 0.5) is 0 Å². The highest BCUT2D eigenvalue weighted by Gasteiger charge is 2.44. The van der Waals surface area contributed by atoms with Crippen LogP contribution in [0.15, 0.2) is 47.6 Å². The van der Waals surface area contributed by atoms with Crippen LogP contribution in [-0.2, 0) is 38.1 Å². The lowest BCUT2D eigenvalue weighted by Gasteiger charge is -2.44. The van der Waals surface area contributed by atoms with E-state index in [9.17, 15) is 29.4 Å². The summed E-state index contributed by atoms with van der Waals surface area (Å²) in [6.07, 6.45) is 19.1. The Kier molecular flexibility index (Phi) is 16.2. The average Bonchev–Trinajstić information content (AvgIpc) is 3.16. The fourth-order valence-electron chi connectivity index (χ4n) is 10.2. The topological polar surface area (TPSA) is 146 Å². The smallest absolute Gasteiger partial charge is 0.311 e. The number of hydrogen-bond donors (Lipinski definition) is 2. The maximum absolute atomic E-state index is 13.0. The molecular weight excluding hydrogens is 761 g/mol. The molecular formula is C50H76O10. The molecule has 2 unspecified atom stereocenters. The van der Waals surface area contributed by atoms with E-state index in [2.05, 4.69) is 64.2 Å². The maximum atomic E-state index is 13.0. The van der Waals surface area contributed by atoms with Crippen LogP contribution in [0.25, 0.3) is 0 Å². The van der Waals surface area contributed by atoms with Crippen molar-refractivity contribution in [3.05, 3.63) is 47.6 Å². The molecule has 2 aliphatic heterocycles. The van der Waals surface area contributed by atoms with Crippen LogP contribution in [0.5, 0.6) is 0 Å². The van der Waals surface area contributed by atoms with Crippen molar-refractivity contribution in [1.82, 2.24) is 0 Å². The van der Waals surface area contributed by atoms with Crippen molar-refractivity contribution in [2.75, 3.05) is 0 Å². The number of rotatable bonds is 12. The Labute approximate surface area is 360 Å². The summed E-state index contributed by atoms with van der Waals surface area (Å²) in [5.74, 6) is 1.45. The van der Waals surface area contributed by atoms with Gasteiger partial charge in [0.25, 0.3) is 0 Å². The predicted molar refractivity (Wildman–Crippen MR) is 231 cm³/mol. The molecule has 0 aromatic rings. The van der Waals surface area contributed by atoms with Gasteiger partial charge in [0.2, 0.25) is 0 Å². The molecule has 6 aliphatic rings. The van der Waals surface area contributed by atoms with Crippen LogP contribution in [0.2, 0.25) is 0 Å². The number of esters is 4. The summed E-state index contributed by atoms with van der Waals surface area (Å²) in [5, 5.41) is 20.3. The lowest BCUT2D eigenvalue weighted by atomic mass is 9.65. The number of aliphatic hydroxyl groups excluding tert-OH is 2. The van der Waals surface area contributed by atoms with Crippen LogP contribution in [0.3, 0.4) is 0 Å². The van der Waals surface area contributed by atoms with Crippen molar-refractivity contribution in [1.29, 1.82) is 0 Å². The third kappa shape index (κ3) is 12.0. The Hall–Kier alpha value is -3.24. The van der Waals surface area contributed by atoms with Gasteiger partial charge < -0.3 is 29.2 Å². The minimum atomic E-state index is -0.569. The summed E-state index contributed by atoms with van der Waals surface area (Å²) >= 11 is 0. The highest BCUT2D eigenvalue weighted by molar-refractivity contribution is 5.77. The van der Waals surface area contributed by atoms with Crippen molar-refractivity contribution in [2.24, 2.45) is 58.2 Å². The number of ether oxygens (including phenoxy) is 4. The van der Waals surface area contributed by atoms with Gasteiger partial charge in [-0.25, -0.2) is 0 Å². The quantitative estimate of drug-likeness (QED) is 0.144. The van der Waals surface area contributed by atoms with Gasteiger partial charge in [-0.3, -0.25) is 19.2 Å². The second-order valence-corrected chi connectivity index (χ2v) is 20.5. The van der Waals surface area contributed by atoms with Gasteiger partial charge >= 0.3 is 23.9 Å². The third-order valence-electron chi connectivity index (χ3n) is 14.7. The molecule has 6 rings (SSSR count). The van der Waals surface area contributed by atoms with Gasteiger partial charge in [0, 0.05) is 24.7 Å². The Morgan fingerprint density at radius 2 is 1.15 bits per heavy atom. The van der Waals surface area contributed by atoms with E-state index in [1.807, 2.05) is 41.5 Å². The third-order valence-corrected chi connectivity index (χ3v) is 14.7. The number of cyclic esters (lactones) is 2. The Morgan fingerprint density at radius 3 is 1.70 bits per heavy atom. The Morgan fingerprint density at radius 1 is 0.667 bits per heavy atom. The second kappa shape index (κ2) is 20.3. The lowest BCUT2D eigenvalue weighted by Crippen LogP contribution is -2.43. The maximum Gasteiger partial charge on any atom is 0.311 e. The molecule has 60 heavy (non-hydrogen) atoms. The summed E-state index contributed by atoms with van der Waals surface area (Å²) in [7, 11) is 0. The molecule has 0 radical (unpaired) electrons. The number of allylic oxidation sites excluding steroid dienone is 6. The number of carbonyl (C=O) groups excluding carboxylic acids is 4. The highest BCUT2D eigenvalue weighted by Crippen LogP contribution is 2.47. The van der Waals surface area contributed by atoms with E-state index in [0.29, 0.717) is 55.3 Å². The summed E-state index contributed by atoms with van der Waals surface area (Å²) < 4.78 is 23.0. The van der Waals surface area contributed by atoms with E-state index in [1.165, 1.54) is 11.1 Å². The molecule has 10 heteroatoms. The number of fused-ring (bicyclic) bond motifs is 2. The molecule has 2 fully saturated rings. The minimum Gasteiger partial charge on any atom is -0.462 e. The lowest BCUT2D eigenvalue weighted by molar-refractivity contribution is -0.175. The zero-order chi connectivity index (χ0) is 44.1. The number of carbonyl (C=O) groups is 4. The van der Waals surface area contributed by atoms with Crippen molar-refractivity contribution < 1.29 is 48.3 Å². The first-order valence-corrected chi connectivity index (χ1v) is 23.2. The van der Waals surface area contributed by atoms with Gasteiger partial charge in [-0.05, 0) is 126 Å². The van der Waals surface area contributed by atoms with Crippen LogP contribution in [0.1, 0.15) is 146 Å². The van der Waals surface area contributed by atoms with Gasteiger partial charge in [-0.1, -0.05) is 78.0 Å². The zero-order valence-corrected chi connectivity index (χ0v) is 38.2. The summed E-state index contributed by atoms with van der Waals surface area (Å²) in [5.41, 5.74) is 1.44. The van der Waals surface area contributed by atoms with E-state index in [4.69, 9.17) is 18.9 Å². The first kappa shape index (κ1) is 47.8. The first-order valence-electron chi connectivity index (χ1n) is 23.2. The molecule has 4 aliphatic carbocycles. The van der Waals surface area contributed by atoms with Crippen molar-refractivity contribution in [3.63, 3.8) is 0 Å². The van der Waals surface area contributed by atoms with Crippen LogP contribution in [0, 0.1) is 58.2 Å². The van der Waals surface area contributed by atoms with Gasteiger partial charge in [0.05, 0.1) is 35.9 Å². The van der Waals surface area contributed by atoms with E-state index < -0.39 is 23.0 Å². The fourth-order valence-corrected chi connectivity index (χ4v) is 10.2. The molecule has 2 saturated heterocycles. The molecule has 336 valence electrons. The number of aliphatic hydroxyl groups is 2. The van der Waals surface area contributed by atoms with Crippen LogP contribution >= 0.6 is 0 Å². The largest absolute Gasteiger partial charge is 0.462 e. The van der Waals surface area contributed by atoms with Crippen molar-refractivity contribution in [2.45, 2.75) is 183 Å². The molecule has 2 N–H and O–H groups in total. The Balaban J connectivity index is 0.000000253. The molecule has 0 bridgehead atoms. The first-order chi connectivity index (χ1) is 28.2. The minimum absolute atomic E-state index is 0.114. The monoisotopic (exact) mass is 837 g/mol. The molecule has 0 aromatic heterocycles. The van der Waals surface area contributed by atoms with Gasteiger partial charge in [0.1, 0.15) is 24.4 Å². The normalized spacial score (nSPS) is 36.5. The predicted octanol–water partition coefficient (Wildman–Crippen LogP) is 9.17. The number of hydrogen-bond acceptors (Lipinski definition) is 10. The van der Waals surface area contributed by atoms with E-state index in [1.54, 1.807) is 0 Å². The molecule has 0 saturated carbocycles. The molecule has 10 nitrogen and oxygen atoms in total. The standard InChI is InChI=1S/C31H48O6.C19H28O4/c1-9-30(5,6)28(33)36-23-17-22(35-26(32)18-23)13-14-24-20(4)11-12-21-15-19(3)16-25(27(21)24)37-29(34)31(7,8)10-2;1-11-7-13-4-3-12(2)16(19(13)17(21)8-11)6-5-15-9-14(20)10-18(22)23-15/h11-12,15,19-20,22-25,27H,9-10,13-14,16-18H2,1-8H3;3-4,7,11-12,14-17,19-21H,5-6,8-10H2,1-2H3/t19-,20-,22+,23-,24-,25-,27?;11-,12-,14-,15+,16-,17-,19?/m00/s1. The average molecular weight is 837 g/mol. The van der Waals surface area contributed by atoms with Gasteiger partial charge in [-0.15, -0.1) is 0 Å². The molecule has 14 atom stereocenters. The molecule has 0 amide bonds. The molecule has 0 spiro atoms. The summed E-state index contributed by atoms with van der Waals surface area (Å²) in [6, 6.07) is 0. The highest BCUT2D eigenvalue weighted by atomic mass is 16.6. The van der Waals surface area contributed by atoms with Crippen LogP contribution < -0.4 is 0 Å². The van der Waals surface area contributed by atoms with E-state index in [-0.39, 0.29) is 78.9 Å². The van der Waals surface area contributed by atoms with Crippen molar-refractivity contribution >= 4 is 23.9 Å². The fraction of sp³-hybridized carbons (Fsp3) is 0.760. The summed E-state index contributed by atoms with van der Waals surface area (Å²) in [6.45, 7) is 20.3. The SMILES string of the molecule is CCC(C)(C)C(=O)O[C@@H]1CC(=O)O[C@H](CC[C@@H]2C3C(=C[C@H](C)C[C@@H]3OC(=O)C(C)(C)CC)C=C[C@@H]2C)C1.C[C@H]1C=C2C=C[C@H](C)[C@H](CC[C@@H]3C[C@H](O)CC(=O)O3)C2[C@@H](O)C1. The molecule has 0 aromatic carbocycles. The van der Waals surface area contributed by atoms with Crippen LogP contribution in [-0.4, -0.2) is 70.7 Å². The van der Waals surface area contributed by atoms with Gasteiger partial charge in [0.15, 0.2) is 0 Å². The summed E-state index contributed by atoms with van der Waals surface area (Å²) in [4.78, 5) is 49.5. The second-order valence-electron chi connectivity index (χ2n) is 20.5.